The summed E-state index contributed by atoms with van der Waals surface area (Å²) >= 11 is 0. The molecule has 1 amide bonds. The number of hydrogen-bond acceptors (Lipinski definition) is 2. The van der Waals surface area contributed by atoms with Crippen LogP contribution < -0.4 is 5.32 Å². The first kappa shape index (κ1) is 18.3. The molecule has 0 aliphatic heterocycles. The van der Waals surface area contributed by atoms with Crippen molar-refractivity contribution in [3.05, 3.63) is 35.4 Å². The third-order valence-corrected chi connectivity index (χ3v) is 5.13. The Kier molecular flexibility index (Phi) is 5.50. The van der Waals surface area contributed by atoms with E-state index < -0.39 is 0 Å². The third kappa shape index (κ3) is 3.41. The van der Waals surface area contributed by atoms with Crippen LogP contribution in [-0.2, 0) is 11.2 Å². The van der Waals surface area contributed by atoms with Crippen LogP contribution in [0.3, 0.4) is 0 Å². The zero-order valence-corrected chi connectivity index (χ0v) is 15.9. The number of unbranched alkanes of at least 4 members (excludes halogenated alkanes) is 4. The minimum absolute atomic E-state index is 0.181. The van der Waals surface area contributed by atoms with E-state index >= 15 is 0 Å². The fourth-order valence-corrected chi connectivity index (χ4v) is 3.78. The second-order valence-electron chi connectivity index (χ2n) is 7.09. The average molecular weight is 352 g/mol. The van der Waals surface area contributed by atoms with Crippen LogP contribution in [0.25, 0.3) is 21.8 Å². The number of carbonyl (C=O) groups is 1. The zero-order chi connectivity index (χ0) is 18.7. The second kappa shape index (κ2) is 7.81. The maximum atomic E-state index is 11.7. The number of amides is 1. The van der Waals surface area contributed by atoms with Gasteiger partial charge in [0.1, 0.15) is 5.75 Å². The molecule has 3 aromatic rings. The van der Waals surface area contributed by atoms with Crippen molar-refractivity contribution in [3.63, 3.8) is 0 Å². The lowest BCUT2D eigenvalue weighted by Crippen LogP contribution is -2.08. The molecule has 0 fully saturated rings. The van der Waals surface area contributed by atoms with E-state index in [2.05, 4.69) is 17.2 Å². The van der Waals surface area contributed by atoms with Gasteiger partial charge in [-0.2, -0.15) is 0 Å². The molecule has 0 aliphatic rings. The Morgan fingerprint density at radius 2 is 1.88 bits per heavy atom. The van der Waals surface area contributed by atoms with Crippen LogP contribution in [-0.4, -0.2) is 16.0 Å². The van der Waals surface area contributed by atoms with Gasteiger partial charge in [0.2, 0.25) is 5.91 Å². The first-order valence-electron chi connectivity index (χ1n) is 9.57. The van der Waals surface area contributed by atoms with Crippen molar-refractivity contribution in [2.45, 2.75) is 59.3 Å². The lowest BCUT2D eigenvalue weighted by molar-refractivity contribution is -0.114. The van der Waals surface area contributed by atoms with Crippen molar-refractivity contribution in [1.82, 2.24) is 4.98 Å². The van der Waals surface area contributed by atoms with Gasteiger partial charge in [-0.3, -0.25) is 4.79 Å². The van der Waals surface area contributed by atoms with Crippen LogP contribution >= 0.6 is 0 Å². The second-order valence-corrected chi connectivity index (χ2v) is 7.09. The number of anilines is 1. The van der Waals surface area contributed by atoms with Crippen LogP contribution in [0.4, 0.5) is 5.69 Å². The molecular formula is C22H28N2O2. The van der Waals surface area contributed by atoms with Crippen molar-refractivity contribution in [2.24, 2.45) is 0 Å². The lowest BCUT2D eigenvalue weighted by Gasteiger charge is -2.15. The molecule has 2 aromatic carbocycles. The van der Waals surface area contributed by atoms with Gasteiger partial charge in [0.25, 0.3) is 0 Å². The smallest absolute Gasteiger partial charge is 0.221 e. The van der Waals surface area contributed by atoms with Crippen LogP contribution in [0.15, 0.2) is 24.3 Å². The van der Waals surface area contributed by atoms with Gasteiger partial charge < -0.3 is 15.4 Å². The maximum absolute atomic E-state index is 11.7. The van der Waals surface area contributed by atoms with E-state index in [1.807, 2.05) is 31.2 Å². The molecule has 0 saturated heterocycles. The molecule has 4 heteroatoms. The number of benzene rings is 2. The number of nitrogens with one attached hydrogen (secondary N) is 2. The molecule has 3 N–H and O–H groups in total. The Morgan fingerprint density at radius 3 is 2.62 bits per heavy atom. The summed E-state index contributed by atoms with van der Waals surface area (Å²) in [6, 6.07) is 8.03. The van der Waals surface area contributed by atoms with E-state index in [1.54, 1.807) is 0 Å². The number of aromatic nitrogens is 1. The number of H-pyrrole nitrogens is 1. The summed E-state index contributed by atoms with van der Waals surface area (Å²) in [6.07, 6.45) is 6.98. The normalized spacial score (nSPS) is 11.3. The van der Waals surface area contributed by atoms with E-state index in [-0.39, 0.29) is 11.7 Å². The van der Waals surface area contributed by atoms with E-state index in [9.17, 15) is 9.90 Å². The van der Waals surface area contributed by atoms with Gasteiger partial charge >= 0.3 is 0 Å². The third-order valence-electron chi connectivity index (χ3n) is 5.13. The van der Waals surface area contributed by atoms with E-state index in [4.69, 9.17) is 0 Å². The fraction of sp³-hybridized carbons (Fsp3) is 0.409. The van der Waals surface area contributed by atoms with Gasteiger partial charge in [0, 0.05) is 23.2 Å². The molecule has 0 bridgehead atoms. The van der Waals surface area contributed by atoms with Gasteiger partial charge in [0.05, 0.1) is 11.2 Å². The summed E-state index contributed by atoms with van der Waals surface area (Å²) in [6.45, 7) is 5.63. The number of rotatable bonds is 7. The van der Waals surface area contributed by atoms with Gasteiger partial charge in [-0.25, -0.2) is 0 Å². The predicted molar refractivity (Wildman–Crippen MR) is 109 cm³/mol. The Morgan fingerprint density at radius 1 is 1.15 bits per heavy atom. The molecule has 0 unspecified atom stereocenters. The van der Waals surface area contributed by atoms with Crippen molar-refractivity contribution in [1.29, 1.82) is 0 Å². The molecule has 0 spiro atoms. The molecule has 0 atom stereocenters. The quantitative estimate of drug-likeness (QED) is 0.371. The van der Waals surface area contributed by atoms with E-state index in [0.29, 0.717) is 5.69 Å². The number of aromatic hydroxyl groups is 1. The minimum atomic E-state index is -0.182. The Hall–Kier alpha value is -2.49. The van der Waals surface area contributed by atoms with Gasteiger partial charge in [0.15, 0.2) is 0 Å². The van der Waals surface area contributed by atoms with Gasteiger partial charge in [-0.1, -0.05) is 50.8 Å². The first-order valence-corrected chi connectivity index (χ1v) is 9.57. The van der Waals surface area contributed by atoms with Crippen molar-refractivity contribution in [3.8, 4) is 5.75 Å². The molecule has 1 aromatic heterocycles. The summed E-state index contributed by atoms with van der Waals surface area (Å²) in [5.74, 6) is -0.000363. The summed E-state index contributed by atoms with van der Waals surface area (Å²) < 4.78 is 0. The fourth-order valence-electron chi connectivity index (χ4n) is 3.78. The molecular weight excluding hydrogens is 324 g/mol. The minimum Gasteiger partial charge on any atom is -0.505 e. The standard InChI is InChI=1S/C22H28N2O2/c1-4-5-6-7-8-11-16-14(2)22(26)21(23-15(3)25)19-17-12-9-10-13-18(17)24-20(16)19/h9-10,12-13,24,26H,4-8,11H2,1-3H3,(H,23,25). The highest BCUT2D eigenvalue weighted by Crippen LogP contribution is 2.43. The number of phenols is 1. The van der Waals surface area contributed by atoms with E-state index in [1.165, 1.54) is 32.6 Å². The number of fused-ring (bicyclic) bond motifs is 3. The average Bonchev–Trinajstić information content (AvgIpc) is 3.00. The Labute approximate surface area is 154 Å². The number of hydrogen-bond donors (Lipinski definition) is 3. The van der Waals surface area contributed by atoms with Crippen LogP contribution in [0.2, 0.25) is 0 Å². The Bertz CT molecular complexity index is 940. The Balaban J connectivity index is 2.13. The molecule has 3 rings (SSSR count). The molecule has 4 nitrogen and oxygen atoms in total. The van der Waals surface area contributed by atoms with Gasteiger partial charge in [-0.05, 0) is 37.0 Å². The van der Waals surface area contributed by atoms with Crippen molar-refractivity contribution < 1.29 is 9.90 Å². The van der Waals surface area contributed by atoms with Crippen molar-refractivity contribution in [2.75, 3.05) is 5.32 Å². The first-order chi connectivity index (χ1) is 12.5. The molecule has 1 heterocycles. The van der Waals surface area contributed by atoms with E-state index in [0.717, 1.165) is 45.8 Å². The van der Waals surface area contributed by atoms with Crippen LogP contribution in [0.1, 0.15) is 57.1 Å². The number of aromatic amines is 1. The predicted octanol–water partition coefficient (Wildman–Crippen LogP) is 5.81. The highest BCUT2D eigenvalue weighted by atomic mass is 16.3. The highest BCUT2D eigenvalue weighted by Gasteiger charge is 2.20. The monoisotopic (exact) mass is 352 g/mol. The molecule has 0 saturated carbocycles. The largest absolute Gasteiger partial charge is 0.505 e. The summed E-state index contributed by atoms with van der Waals surface area (Å²) in [5, 5.41) is 15.6. The summed E-state index contributed by atoms with van der Waals surface area (Å²) in [7, 11) is 0. The van der Waals surface area contributed by atoms with Crippen LogP contribution in [0.5, 0.6) is 5.75 Å². The SMILES string of the molecule is CCCCCCCc1c(C)c(O)c(NC(C)=O)c2c1[nH]c1ccccc12. The molecule has 0 radical (unpaired) electrons. The summed E-state index contributed by atoms with van der Waals surface area (Å²) in [4.78, 5) is 15.2. The van der Waals surface area contributed by atoms with Crippen LogP contribution in [0, 0.1) is 6.92 Å². The molecule has 138 valence electrons. The number of aryl methyl sites for hydroxylation is 1. The van der Waals surface area contributed by atoms with Crippen molar-refractivity contribution >= 4 is 33.4 Å². The zero-order valence-electron chi connectivity index (χ0n) is 15.9. The van der Waals surface area contributed by atoms with Gasteiger partial charge in [-0.15, -0.1) is 0 Å². The number of para-hydroxylation sites is 1. The lowest BCUT2D eigenvalue weighted by atomic mass is 9.95. The maximum Gasteiger partial charge on any atom is 0.221 e. The molecule has 0 aliphatic carbocycles. The topological polar surface area (TPSA) is 65.1 Å². The highest BCUT2D eigenvalue weighted by molar-refractivity contribution is 6.18. The molecule has 26 heavy (non-hydrogen) atoms. The summed E-state index contributed by atoms with van der Waals surface area (Å²) in [5.41, 5.74) is 4.56. The number of phenolic OH excluding ortho intramolecular Hbond substituents is 1. The number of carbonyl (C=O) groups excluding carboxylic acids is 1.